The Bertz CT molecular complexity index is 730. The fourth-order valence-corrected chi connectivity index (χ4v) is 3.11. The summed E-state index contributed by atoms with van der Waals surface area (Å²) in [4.78, 5) is 16.4. The molecule has 0 bridgehead atoms. The molecule has 2 aromatic carbocycles. The predicted octanol–water partition coefficient (Wildman–Crippen LogP) is 2.00. The number of phenols is 1. The zero-order valence-corrected chi connectivity index (χ0v) is 14.8. The molecule has 1 heterocycles. The molecule has 1 fully saturated rings. The van der Waals surface area contributed by atoms with Crippen molar-refractivity contribution in [1.82, 2.24) is 4.90 Å². The van der Waals surface area contributed by atoms with Crippen LogP contribution in [0.2, 0.25) is 0 Å². The highest BCUT2D eigenvalue weighted by atomic mass is 16.5. The number of ether oxygens (including phenoxy) is 1. The molecular weight excluding hydrogens is 332 g/mol. The average molecular weight is 356 g/mol. The fraction of sp³-hybridized carbons (Fsp3) is 0.350. The summed E-state index contributed by atoms with van der Waals surface area (Å²) in [7, 11) is 2.00. The molecule has 0 aliphatic carbocycles. The maximum absolute atomic E-state index is 12.4. The Morgan fingerprint density at radius 3 is 2.54 bits per heavy atom. The second-order valence-corrected chi connectivity index (χ2v) is 6.50. The minimum Gasteiger partial charge on any atom is -0.508 e. The average Bonchev–Trinajstić information content (AvgIpc) is 3.17. The summed E-state index contributed by atoms with van der Waals surface area (Å²) < 4.78 is 5.56. The number of hydrogen-bond donors (Lipinski definition) is 2. The quantitative estimate of drug-likeness (QED) is 0.828. The summed E-state index contributed by atoms with van der Waals surface area (Å²) in [5.74, 6) is 0.833. The number of aliphatic hydroxyl groups is 1. The van der Waals surface area contributed by atoms with Gasteiger partial charge in [-0.15, -0.1) is 0 Å². The Kier molecular flexibility index (Phi) is 5.63. The van der Waals surface area contributed by atoms with E-state index >= 15 is 0 Å². The molecule has 1 atom stereocenters. The molecule has 0 spiro atoms. The third-order valence-electron chi connectivity index (χ3n) is 4.79. The molecule has 1 aliphatic heterocycles. The van der Waals surface area contributed by atoms with E-state index in [2.05, 4.69) is 4.90 Å². The zero-order valence-electron chi connectivity index (χ0n) is 14.8. The molecule has 26 heavy (non-hydrogen) atoms. The van der Waals surface area contributed by atoms with Crippen LogP contribution < -0.4 is 9.64 Å². The van der Waals surface area contributed by atoms with E-state index in [1.54, 1.807) is 36.4 Å². The van der Waals surface area contributed by atoms with E-state index in [-0.39, 0.29) is 30.9 Å². The van der Waals surface area contributed by atoms with E-state index in [1.165, 1.54) is 0 Å². The maximum atomic E-state index is 12.4. The molecular formula is C20H24N2O4. The number of anilines is 1. The van der Waals surface area contributed by atoms with Gasteiger partial charge >= 0.3 is 0 Å². The number of rotatable bonds is 6. The highest BCUT2D eigenvalue weighted by Crippen LogP contribution is 2.23. The van der Waals surface area contributed by atoms with Crippen LogP contribution in [0.3, 0.4) is 0 Å². The first-order valence-corrected chi connectivity index (χ1v) is 8.69. The van der Waals surface area contributed by atoms with Gasteiger partial charge in [-0.3, -0.25) is 4.79 Å². The van der Waals surface area contributed by atoms with Crippen molar-refractivity contribution in [3.8, 4) is 11.5 Å². The van der Waals surface area contributed by atoms with Crippen molar-refractivity contribution >= 4 is 11.6 Å². The van der Waals surface area contributed by atoms with Gasteiger partial charge in [-0.25, -0.2) is 0 Å². The molecule has 0 aromatic heterocycles. The number of nitrogens with zero attached hydrogens (tertiary/aromatic N) is 2. The summed E-state index contributed by atoms with van der Waals surface area (Å²) >= 11 is 0. The van der Waals surface area contributed by atoms with E-state index in [1.807, 2.05) is 24.1 Å². The first-order chi connectivity index (χ1) is 12.6. The van der Waals surface area contributed by atoms with Gasteiger partial charge in [0.05, 0.1) is 6.61 Å². The molecule has 0 radical (unpaired) electrons. The Hall–Kier alpha value is -2.73. The standard InChI is InChI=1S/C20H24N2O4/c1-21(16-4-6-18(24)7-5-16)17-10-11-22(12-17)20(25)14-26-19-8-2-15(13-23)3-9-19/h2-9,17,23-24H,10-14H2,1H3. The SMILES string of the molecule is CN(c1ccc(O)cc1)C1CCN(C(=O)COc2ccc(CO)cc2)C1. The number of aliphatic hydroxyl groups excluding tert-OH is 1. The first kappa shape index (κ1) is 18.1. The van der Waals surface area contributed by atoms with Crippen LogP contribution in [0.4, 0.5) is 5.69 Å². The summed E-state index contributed by atoms with van der Waals surface area (Å²) in [6.07, 6.45) is 0.897. The lowest BCUT2D eigenvalue weighted by molar-refractivity contribution is -0.132. The number of carbonyl (C=O) groups excluding carboxylic acids is 1. The van der Waals surface area contributed by atoms with E-state index in [4.69, 9.17) is 9.84 Å². The molecule has 0 saturated carbocycles. The maximum Gasteiger partial charge on any atom is 0.260 e. The topological polar surface area (TPSA) is 73.2 Å². The Balaban J connectivity index is 1.50. The Labute approximate surface area is 153 Å². The Morgan fingerprint density at radius 2 is 1.88 bits per heavy atom. The molecule has 1 unspecified atom stereocenters. The van der Waals surface area contributed by atoms with Gasteiger partial charge in [-0.2, -0.15) is 0 Å². The molecule has 2 N–H and O–H groups in total. The molecule has 138 valence electrons. The minimum atomic E-state index is -0.0298. The number of amides is 1. The van der Waals surface area contributed by atoms with E-state index in [0.29, 0.717) is 18.8 Å². The van der Waals surface area contributed by atoms with Crippen LogP contribution in [-0.4, -0.2) is 53.8 Å². The summed E-state index contributed by atoms with van der Waals surface area (Å²) in [6, 6.07) is 14.4. The third-order valence-corrected chi connectivity index (χ3v) is 4.79. The van der Waals surface area contributed by atoms with Crippen molar-refractivity contribution in [3.63, 3.8) is 0 Å². The zero-order chi connectivity index (χ0) is 18.5. The molecule has 2 aromatic rings. The summed E-state index contributed by atoms with van der Waals surface area (Å²) in [5.41, 5.74) is 1.82. The lowest BCUT2D eigenvalue weighted by Gasteiger charge is -2.27. The van der Waals surface area contributed by atoms with Crippen molar-refractivity contribution in [3.05, 3.63) is 54.1 Å². The lowest BCUT2D eigenvalue weighted by atomic mass is 10.2. The summed E-state index contributed by atoms with van der Waals surface area (Å²) in [6.45, 7) is 1.36. The Morgan fingerprint density at radius 1 is 1.19 bits per heavy atom. The van der Waals surface area contributed by atoms with Crippen molar-refractivity contribution in [2.45, 2.75) is 19.1 Å². The summed E-state index contributed by atoms with van der Waals surface area (Å²) in [5, 5.41) is 18.4. The fourth-order valence-electron chi connectivity index (χ4n) is 3.11. The van der Waals surface area contributed by atoms with Gasteiger partial charge in [-0.05, 0) is 48.4 Å². The smallest absolute Gasteiger partial charge is 0.260 e. The molecule has 3 rings (SSSR count). The van der Waals surface area contributed by atoms with Crippen LogP contribution in [0.15, 0.2) is 48.5 Å². The molecule has 1 aliphatic rings. The van der Waals surface area contributed by atoms with Crippen LogP contribution >= 0.6 is 0 Å². The van der Waals surface area contributed by atoms with Crippen molar-refractivity contribution in [2.75, 3.05) is 31.6 Å². The number of phenolic OH excluding ortho intramolecular Hbond substituents is 1. The van der Waals surface area contributed by atoms with Gasteiger partial charge in [0.25, 0.3) is 5.91 Å². The van der Waals surface area contributed by atoms with E-state index in [9.17, 15) is 9.90 Å². The van der Waals surface area contributed by atoms with Crippen LogP contribution in [0.25, 0.3) is 0 Å². The van der Waals surface area contributed by atoms with Gasteiger partial charge in [0.2, 0.25) is 0 Å². The number of carbonyl (C=O) groups is 1. The van der Waals surface area contributed by atoms with Crippen molar-refractivity contribution in [1.29, 1.82) is 0 Å². The third kappa shape index (κ3) is 4.26. The largest absolute Gasteiger partial charge is 0.508 e. The van der Waals surface area contributed by atoms with Crippen molar-refractivity contribution in [2.24, 2.45) is 0 Å². The monoisotopic (exact) mass is 356 g/mol. The van der Waals surface area contributed by atoms with Gasteiger partial charge < -0.3 is 24.7 Å². The van der Waals surface area contributed by atoms with Gasteiger partial charge in [0.15, 0.2) is 6.61 Å². The highest BCUT2D eigenvalue weighted by molar-refractivity contribution is 5.78. The van der Waals surface area contributed by atoms with E-state index < -0.39 is 0 Å². The molecule has 1 saturated heterocycles. The number of hydrogen-bond acceptors (Lipinski definition) is 5. The normalized spacial score (nSPS) is 16.5. The van der Waals surface area contributed by atoms with E-state index in [0.717, 1.165) is 17.7 Å². The minimum absolute atomic E-state index is 0.00805. The van der Waals surface area contributed by atoms with Gasteiger partial charge in [0.1, 0.15) is 11.5 Å². The number of likely N-dealkylation sites (N-methyl/N-ethyl adjacent to an activating group) is 1. The second kappa shape index (κ2) is 8.10. The van der Waals surface area contributed by atoms with Gasteiger partial charge in [-0.1, -0.05) is 12.1 Å². The molecule has 6 heteroatoms. The number of likely N-dealkylation sites (tertiary alicyclic amines) is 1. The first-order valence-electron chi connectivity index (χ1n) is 8.69. The van der Waals surface area contributed by atoms with Crippen LogP contribution in [0.5, 0.6) is 11.5 Å². The van der Waals surface area contributed by atoms with Crippen LogP contribution in [-0.2, 0) is 11.4 Å². The predicted molar refractivity (Wildman–Crippen MR) is 99.4 cm³/mol. The number of benzene rings is 2. The lowest BCUT2D eigenvalue weighted by Crippen LogP contribution is -2.38. The van der Waals surface area contributed by atoms with Crippen LogP contribution in [0.1, 0.15) is 12.0 Å². The number of aromatic hydroxyl groups is 1. The molecule has 6 nitrogen and oxygen atoms in total. The molecule has 1 amide bonds. The van der Waals surface area contributed by atoms with Crippen LogP contribution in [0, 0.1) is 0 Å². The highest BCUT2D eigenvalue weighted by Gasteiger charge is 2.29. The van der Waals surface area contributed by atoms with Gasteiger partial charge in [0, 0.05) is 31.9 Å². The second-order valence-electron chi connectivity index (χ2n) is 6.50. The van der Waals surface area contributed by atoms with Crippen molar-refractivity contribution < 1.29 is 19.7 Å².